The molecule has 0 atom stereocenters. The molecule has 0 aromatic heterocycles. The fourth-order valence-electron chi connectivity index (χ4n) is 2.99. The minimum atomic E-state index is -0.341. The van der Waals surface area contributed by atoms with Crippen LogP contribution >= 0.6 is 23.2 Å². The first-order valence-electron chi connectivity index (χ1n) is 10.6. The number of rotatable bonds is 19. The van der Waals surface area contributed by atoms with Gasteiger partial charge in [-0.1, -0.05) is 96.8 Å². The van der Waals surface area contributed by atoms with Gasteiger partial charge in [0.2, 0.25) is 0 Å². The Kier molecular flexibility index (Phi) is 20.4. The average Bonchev–Trinajstić information content (AvgIpc) is 2.62. The first kappa shape index (κ1) is 25.1. The Morgan fingerprint density at radius 1 is 0.680 bits per heavy atom. The van der Waals surface area contributed by atoms with Crippen LogP contribution in [-0.4, -0.2) is 23.8 Å². The highest BCUT2D eigenvalue weighted by Crippen LogP contribution is 2.14. The van der Waals surface area contributed by atoms with Crippen molar-refractivity contribution in [2.45, 2.75) is 116 Å². The minimum Gasteiger partial charge on any atom is -0.460 e. The lowest BCUT2D eigenvalue weighted by Crippen LogP contribution is -2.21. The molecule has 0 aromatic carbocycles. The van der Waals surface area contributed by atoms with Crippen molar-refractivity contribution >= 4 is 29.2 Å². The van der Waals surface area contributed by atoms with Gasteiger partial charge in [-0.2, -0.15) is 0 Å². The predicted molar refractivity (Wildman–Crippen MR) is 111 cm³/mol. The standard InChI is InChI=1S/C21H40Cl2O2/c1-2-3-4-5-6-7-8-9-10-11-12-13-14-15-16-17-21(24)25-20(18-22)19-23/h20H,2-19H2,1H3. The first-order valence-corrected chi connectivity index (χ1v) is 11.6. The summed E-state index contributed by atoms with van der Waals surface area (Å²) in [6.45, 7) is 2.27. The monoisotopic (exact) mass is 394 g/mol. The molecule has 150 valence electrons. The molecule has 25 heavy (non-hydrogen) atoms. The summed E-state index contributed by atoms with van der Waals surface area (Å²) < 4.78 is 5.17. The van der Waals surface area contributed by atoms with Crippen LogP contribution in [0.25, 0.3) is 0 Å². The van der Waals surface area contributed by atoms with E-state index >= 15 is 0 Å². The van der Waals surface area contributed by atoms with Crippen molar-refractivity contribution in [1.82, 2.24) is 0 Å². The Morgan fingerprint density at radius 3 is 1.40 bits per heavy atom. The maximum atomic E-state index is 11.6. The molecule has 0 amide bonds. The Labute approximate surface area is 166 Å². The lowest BCUT2D eigenvalue weighted by atomic mass is 10.0. The molecule has 4 heteroatoms. The number of halogens is 2. The molecule has 0 fully saturated rings. The molecule has 0 rings (SSSR count). The topological polar surface area (TPSA) is 26.3 Å². The van der Waals surface area contributed by atoms with Crippen molar-refractivity contribution in [3.05, 3.63) is 0 Å². The van der Waals surface area contributed by atoms with Crippen LogP contribution in [0.3, 0.4) is 0 Å². The van der Waals surface area contributed by atoms with Crippen LogP contribution in [0.15, 0.2) is 0 Å². The van der Waals surface area contributed by atoms with E-state index in [2.05, 4.69) is 6.92 Å². The predicted octanol–water partition coefficient (Wildman–Crippen LogP) is 7.64. The van der Waals surface area contributed by atoms with Crippen molar-refractivity contribution in [2.75, 3.05) is 11.8 Å². The molecule has 0 aliphatic heterocycles. The van der Waals surface area contributed by atoms with Gasteiger partial charge in [0.1, 0.15) is 6.10 Å². The Morgan fingerprint density at radius 2 is 1.04 bits per heavy atom. The molecule has 0 bridgehead atoms. The summed E-state index contributed by atoms with van der Waals surface area (Å²) in [6.07, 6.45) is 20.0. The van der Waals surface area contributed by atoms with E-state index in [0.29, 0.717) is 6.42 Å². The Balaban J connectivity index is 3.17. The maximum absolute atomic E-state index is 11.6. The number of esters is 1. The summed E-state index contributed by atoms with van der Waals surface area (Å²) in [4.78, 5) is 11.6. The molecule has 0 aliphatic carbocycles. The third-order valence-corrected chi connectivity index (χ3v) is 5.32. The van der Waals surface area contributed by atoms with Gasteiger partial charge in [0.05, 0.1) is 11.8 Å². The molecule has 0 spiro atoms. The molecule has 0 aliphatic rings. The van der Waals surface area contributed by atoms with Crippen LogP contribution in [-0.2, 0) is 9.53 Å². The third kappa shape index (κ3) is 18.6. The lowest BCUT2D eigenvalue weighted by Gasteiger charge is -2.11. The highest BCUT2D eigenvalue weighted by molar-refractivity contribution is 6.21. The van der Waals surface area contributed by atoms with Gasteiger partial charge in [-0.25, -0.2) is 0 Å². The average molecular weight is 395 g/mol. The summed E-state index contributed by atoms with van der Waals surface area (Å²) in [5.41, 5.74) is 0. The summed E-state index contributed by atoms with van der Waals surface area (Å²) in [6, 6.07) is 0. The molecule has 2 nitrogen and oxygen atoms in total. The minimum absolute atomic E-state index is 0.166. The fraction of sp³-hybridized carbons (Fsp3) is 0.952. The number of ether oxygens (including phenoxy) is 1. The van der Waals surface area contributed by atoms with Crippen molar-refractivity contribution in [1.29, 1.82) is 0 Å². The molecule has 0 heterocycles. The molecule has 0 saturated heterocycles. The van der Waals surface area contributed by atoms with Gasteiger partial charge in [-0.15, -0.1) is 23.2 Å². The van der Waals surface area contributed by atoms with E-state index in [1.54, 1.807) is 0 Å². The highest BCUT2D eigenvalue weighted by Gasteiger charge is 2.11. The summed E-state index contributed by atoms with van der Waals surface area (Å²) in [7, 11) is 0. The van der Waals surface area contributed by atoms with Gasteiger partial charge >= 0.3 is 5.97 Å². The molecular weight excluding hydrogens is 355 g/mol. The van der Waals surface area contributed by atoms with Gasteiger partial charge < -0.3 is 4.74 Å². The zero-order valence-electron chi connectivity index (χ0n) is 16.4. The number of carbonyl (C=O) groups excluding carboxylic acids is 1. The quantitative estimate of drug-likeness (QED) is 0.128. The summed E-state index contributed by atoms with van der Waals surface area (Å²) in [5.74, 6) is 0.378. The van der Waals surface area contributed by atoms with Gasteiger partial charge in [0, 0.05) is 6.42 Å². The van der Waals surface area contributed by atoms with E-state index in [9.17, 15) is 4.79 Å². The lowest BCUT2D eigenvalue weighted by molar-refractivity contribution is -0.147. The Hall–Kier alpha value is 0.0500. The molecule has 0 unspecified atom stereocenters. The molecular formula is C21H40Cl2O2. The van der Waals surface area contributed by atoms with E-state index in [1.165, 1.54) is 83.5 Å². The number of hydrogen-bond donors (Lipinski definition) is 0. The Bertz CT molecular complexity index is 281. The summed E-state index contributed by atoms with van der Waals surface area (Å²) in [5, 5.41) is 0. The molecule has 0 N–H and O–H groups in total. The SMILES string of the molecule is CCCCCCCCCCCCCCCCCC(=O)OC(CCl)CCl. The van der Waals surface area contributed by atoms with E-state index in [0.717, 1.165) is 12.8 Å². The highest BCUT2D eigenvalue weighted by atomic mass is 35.5. The zero-order chi connectivity index (χ0) is 18.6. The van der Waals surface area contributed by atoms with Crippen LogP contribution in [0.5, 0.6) is 0 Å². The summed E-state index contributed by atoms with van der Waals surface area (Å²) >= 11 is 11.3. The van der Waals surface area contributed by atoms with Crippen LogP contribution in [0.1, 0.15) is 110 Å². The number of unbranched alkanes of at least 4 members (excludes halogenated alkanes) is 14. The van der Waals surface area contributed by atoms with Crippen molar-refractivity contribution in [3.63, 3.8) is 0 Å². The van der Waals surface area contributed by atoms with Crippen LogP contribution in [0, 0.1) is 0 Å². The zero-order valence-corrected chi connectivity index (χ0v) is 17.9. The third-order valence-electron chi connectivity index (χ3n) is 4.63. The number of hydrogen-bond acceptors (Lipinski definition) is 2. The second-order valence-corrected chi connectivity index (χ2v) is 7.74. The molecule has 0 saturated carbocycles. The van der Waals surface area contributed by atoms with Crippen LogP contribution in [0.2, 0.25) is 0 Å². The number of carbonyl (C=O) groups is 1. The molecule has 0 radical (unpaired) electrons. The van der Waals surface area contributed by atoms with E-state index < -0.39 is 0 Å². The van der Waals surface area contributed by atoms with E-state index in [1.807, 2.05) is 0 Å². The fourth-order valence-corrected chi connectivity index (χ4v) is 3.45. The second kappa shape index (κ2) is 20.4. The van der Waals surface area contributed by atoms with Crippen LogP contribution < -0.4 is 0 Å². The van der Waals surface area contributed by atoms with Crippen molar-refractivity contribution in [2.24, 2.45) is 0 Å². The number of alkyl halides is 2. The van der Waals surface area contributed by atoms with Crippen molar-refractivity contribution < 1.29 is 9.53 Å². The second-order valence-electron chi connectivity index (χ2n) is 7.12. The van der Waals surface area contributed by atoms with Gasteiger partial charge in [-0.05, 0) is 6.42 Å². The smallest absolute Gasteiger partial charge is 0.306 e. The normalized spacial score (nSPS) is 11.2. The molecule has 0 aromatic rings. The van der Waals surface area contributed by atoms with Gasteiger partial charge in [0.15, 0.2) is 0 Å². The maximum Gasteiger partial charge on any atom is 0.306 e. The van der Waals surface area contributed by atoms with Crippen LogP contribution in [0.4, 0.5) is 0 Å². The first-order chi connectivity index (χ1) is 12.2. The van der Waals surface area contributed by atoms with Gasteiger partial charge in [-0.3, -0.25) is 4.79 Å². The van der Waals surface area contributed by atoms with E-state index in [-0.39, 0.29) is 23.8 Å². The largest absolute Gasteiger partial charge is 0.460 e. The van der Waals surface area contributed by atoms with E-state index in [4.69, 9.17) is 27.9 Å². The van der Waals surface area contributed by atoms with Crippen molar-refractivity contribution in [3.8, 4) is 0 Å². The van der Waals surface area contributed by atoms with Gasteiger partial charge in [0.25, 0.3) is 0 Å².